The zero-order chi connectivity index (χ0) is 12.9. The van der Waals surface area contributed by atoms with Crippen LogP contribution in [0.25, 0.3) is 0 Å². The Morgan fingerprint density at radius 1 is 1.53 bits per heavy atom. The van der Waals surface area contributed by atoms with E-state index in [-0.39, 0.29) is 5.97 Å². The summed E-state index contributed by atoms with van der Waals surface area (Å²) in [5.74, 6) is -0.321. The summed E-state index contributed by atoms with van der Waals surface area (Å²) in [4.78, 5) is 14.0. The molecule has 1 rings (SSSR count). The van der Waals surface area contributed by atoms with Crippen molar-refractivity contribution < 1.29 is 9.53 Å². The average molecular weight is 242 g/mol. The van der Waals surface area contributed by atoms with Gasteiger partial charge in [-0.3, -0.25) is 9.69 Å². The van der Waals surface area contributed by atoms with Gasteiger partial charge < -0.3 is 10.5 Å². The van der Waals surface area contributed by atoms with Crippen molar-refractivity contribution in [2.75, 3.05) is 20.2 Å². The van der Waals surface area contributed by atoms with Gasteiger partial charge in [-0.1, -0.05) is 19.8 Å². The van der Waals surface area contributed by atoms with E-state index in [0.717, 1.165) is 6.54 Å². The molecule has 1 saturated heterocycles. The van der Waals surface area contributed by atoms with E-state index in [0.29, 0.717) is 12.6 Å². The zero-order valence-electron chi connectivity index (χ0n) is 11.4. The van der Waals surface area contributed by atoms with Crippen molar-refractivity contribution in [1.82, 2.24) is 4.90 Å². The number of methoxy groups -OCH3 is 1. The molecule has 0 aromatic rings. The second-order valence-corrected chi connectivity index (χ2v) is 5.32. The highest BCUT2D eigenvalue weighted by molar-refractivity contribution is 5.80. The first kappa shape index (κ1) is 14.5. The first-order valence-corrected chi connectivity index (χ1v) is 6.62. The first-order valence-electron chi connectivity index (χ1n) is 6.62. The summed E-state index contributed by atoms with van der Waals surface area (Å²) in [7, 11) is 1.40. The number of hydrogen-bond donors (Lipinski definition) is 1. The molecule has 0 aliphatic carbocycles. The highest BCUT2D eigenvalue weighted by Crippen LogP contribution is 2.22. The van der Waals surface area contributed by atoms with Gasteiger partial charge >= 0.3 is 5.97 Å². The van der Waals surface area contributed by atoms with E-state index < -0.39 is 5.54 Å². The van der Waals surface area contributed by atoms with Crippen molar-refractivity contribution in [1.29, 1.82) is 0 Å². The van der Waals surface area contributed by atoms with Gasteiger partial charge in [0.1, 0.15) is 5.54 Å². The Morgan fingerprint density at radius 3 is 2.82 bits per heavy atom. The number of carbonyl (C=O) groups excluding carboxylic acids is 1. The Hall–Kier alpha value is -0.610. The molecule has 0 spiro atoms. The molecule has 1 fully saturated rings. The fourth-order valence-electron chi connectivity index (χ4n) is 2.65. The molecule has 2 N–H and O–H groups in total. The minimum Gasteiger partial charge on any atom is -0.468 e. The van der Waals surface area contributed by atoms with Crippen LogP contribution < -0.4 is 5.73 Å². The van der Waals surface area contributed by atoms with E-state index in [9.17, 15) is 4.79 Å². The third-order valence-corrected chi connectivity index (χ3v) is 3.55. The third kappa shape index (κ3) is 3.96. The maximum Gasteiger partial charge on any atom is 0.326 e. The largest absolute Gasteiger partial charge is 0.468 e. The molecule has 0 saturated carbocycles. The number of nitrogens with zero attached hydrogens (tertiary/aromatic N) is 1. The van der Waals surface area contributed by atoms with Gasteiger partial charge in [-0.2, -0.15) is 0 Å². The molecular weight excluding hydrogens is 216 g/mol. The number of likely N-dealkylation sites (tertiary alicyclic amines) is 1. The molecule has 17 heavy (non-hydrogen) atoms. The molecule has 2 unspecified atom stereocenters. The number of ether oxygens (including phenoxy) is 1. The number of hydrogen-bond acceptors (Lipinski definition) is 4. The van der Waals surface area contributed by atoms with Crippen LogP contribution in [0.1, 0.15) is 46.0 Å². The van der Waals surface area contributed by atoms with Gasteiger partial charge in [0.25, 0.3) is 0 Å². The summed E-state index contributed by atoms with van der Waals surface area (Å²) in [5.41, 5.74) is 5.15. The average Bonchev–Trinajstić information content (AvgIpc) is 2.30. The Balaban J connectivity index is 2.60. The van der Waals surface area contributed by atoms with Crippen molar-refractivity contribution in [3.05, 3.63) is 0 Å². The maximum absolute atomic E-state index is 11.6. The number of nitrogens with two attached hydrogens (primary N) is 1. The molecular formula is C13H26N2O2. The lowest BCUT2D eigenvalue weighted by atomic mass is 9.94. The predicted molar refractivity (Wildman–Crippen MR) is 68.7 cm³/mol. The molecule has 0 aromatic carbocycles. The van der Waals surface area contributed by atoms with E-state index >= 15 is 0 Å². The molecule has 1 heterocycles. The Bertz CT molecular complexity index is 252. The SMILES string of the molecule is CCCC1CCCCN1CC(C)(N)C(=O)OC. The van der Waals surface area contributed by atoms with Crippen LogP contribution in [0.4, 0.5) is 0 Å². The Labute approximate surface area is 104 Å². The molecule has 2 atom stereocenters. The maximum atomic E-state index is 11.6. The van der Waals surface area contributed by atoms with E-state index in [4.69, 9.17) is 10.5 Å². The third-order valence-electron chi connectivity index (χ3n) is 3.55. The topological polar surface area (TPSA) is 55.6 Å². The molecule has 0 aromatic heterocycles. The van der Waals surface area contributed by atoms with Crippen molar-refractivity contribution in [2.24, 2.45) is 5.73 Å². The van der Waals surface area contributed by atoms with E-state index in [1.165, 1.54) is 39.2 Å². The summed E-state index contributed by atoms with van der Waals surface area (Å²) in [6.07, 6.45) is 6.10. The van der Waals surface area contributed by atoms with Crippen LogP contribution in [0.2, 0.25) is 0 Å². The smallest absolute Gasteiger partial charge is 0.326 e. The lowest BCUT2D eigenvalue weighted by Crippen LogP contribution is -2.57. The summed E-state index contributed by atoms with van der Waals surface area (Å²) < 4.78 is 4.76. The minimum absolute atomic E-state index is 0.321. The van der Waals surface area contributed by atoms with Gasteiger partial charge in [0.05, 0.1) is 7.11 Å². The van der Waals surface area contributed by atoms with Gasteiger partial charge in [0, 0.05) is 12.6 Å². The standard InChI is InChI=1S/C13H26N2O2/c1-4-7-11-8-5-6-9-15(11)10-13(2,14)12(16)17-3/h11H,4-10,14H2,1-3H3. The van der Waals surface area contributed by atoms with Crippen LogP contribution in [0.5, 0.6) is 0 Å². The molecule has 0 radical (unpaired) electrons. The minimum atomic E-state index is -0.891. The van der Waals surface area contributed by atoms with Crippen LogP contribution in [-0.2, 0) is 9.53 Å². The van der Waals surface area contributed by atoms with E-state index in [1.807, 2.05) is 0 Å². The molecule has 0 bridgehead atoms. The summed E-state index contributed by atoms with van der Waals surface area (Å²) in [5, 5.41) is 0. The van der Waals surface area contributed by atoms with Crippen LogP contribution in [0.3, 0.4) is 0 Å². The number of esters is 1. The highest BCUT2D eigenvalue weighted by atomic mass is 16.5. The second kappa shape index (κ2) is 6.36. The lowest BCUT2D eigenvalue weighted by molar-refractivity contribution is -0.147. The van der Waals surface area contributed by atoms with Gasteiger partial charge in [-0.05, 0) is 32.7 Å². The lowest BCUT2D eigenvalue weighted by Gasteiger charge is -2.39. The Kier molecular flexibility index (Phi) is 5.40. The molecule has 0 amide bonds. The quantitative estimate of drug-likeness (QED) is 0.743. The van der Waals surface area contributed by atoms with Crippen molar-refractivity contribution in [3.63, 3.8) is 0 Å². The van der Waals surface area contributed by atoms with Crippen LogP contribution in [0, 0.1) is 0 Å². The second-order valence-electron chi connectivity index (χ2n) is 5.32. The van der Waals surface area contributed by atoms with Crippen molar-refractivity contribution >= 4 is 5.97 Å². The molecule has 4 heteroatoms. The normalized spacial score (nSPS) is 25.3. The summed E-state index contributed by atoms with van der Waals surface area (Å²) in [6, 6.07) is 0.585. The number of carbonyl (C=O) groups is 1. The highest BCUT2D eigenvalue weighted by Gasteiger charge is 2.34. The summed E-state index contributed by atoms with van der Waals surface area (Å²) in [6.45, 7) is 5.62. The zero-order valence-corrected chi connectivity index (χ0v) is 11.4. The van der Waals surface area contributed by atoms with Gasteiger partial charge in [0.2, 0.25) is 0 Å². The monoisotopic (exact) mass is 242 g/mol. The fourth-order valence-corrected chi connectivity index (χ4v) is 2.65. The van der Waals surface area contributed by atoms with Gasteiger partial charge in [0.15, 0.2) is 0 Å². The van der Waals surface area contributed by atoms with Crippen LogP contribution >= 0.6 is 0 Å². The van der Waals surface area contributed by atoms with Crippen molar-refractivity contribution in [3.8, 4) is 0 Å². The van der Waals surface area contributed by atoms with Crippen LogP contribution in [-0.4, -0.2) is 42.6 Å². The van der Waals surface area contributed by atoms with Crippen LogP contribution in [0.15, 0.2) is 0 Å². The molecule has 1 aliphatic heterocycles. The van der Waals surface area contributed by atoms with Gasteiger partial charge in [-0.25, -0.2) is 0 Å². The Morgan fingerprint density at radius 2 is 2.24 bits per heavy atom. The van der Waals surface area contributed by atoms with Gasteiger partial charge in [-0.15, -0.1) is 0 Å². The molecule has 1 aliphatic rings. The van der Waals surface area contributed by atoms with E-state index in [1.54, 1.807) is 6.92 Å². The van der Waals surface area contributed by atoms with E-state index in [2.05, 4.69) is 11.8 Å². The predicted octanol–water partition coefficient (Wildman–Crippen LogP) is 1.53. The van der Waals surface area contributed by atoms with Crippen molar-refractivity contribution in [2.45, 2.75) is 57.5 Å². The number of piperidine rings is 1. The number of rotatable bonds is 5. The molecule has 100 valence electrons. The molecule has 4 nitrogen and oxygen atoms in total. The fraction of sp³-hybridized carbons (Fsp3) is 0.923. The summed E-state index contributed by atoms with van der Waals surface area (Å²) >= 11 is 0. The first-order chi connectivity index (χ1) is 8.01.